The molecule has 0 bridgehead atoms. The van der Waals surface area contributed by atoms with Crippen LogP contribution in [0, 0.1) is 0 Å². The Labute approximate surface area is 192 Å². The molecule has 0 spiro atoms. The summed E-state index contributed by atoms with van der Waals surface area (Å²) < 4.78 is 10.6. The molecular formula is C26H26N2O5. The predicted octanol–water partition coefficient (Wildman–Crippen LogP) is 4.84. The number of hydrogen-bond donors (Lipinski definition) is 1. The first-order valence-electron chi connectivity index (χ1n) is 10.6. The second-order valence-corrected chi connectivity index (χ2v) is 7.41. The maximum absolute atomic E-state index is 12.9. The third kappa shape index (κ3) is 6.93. The SMILES string of the molecule is C[C@H](c1ccccc1)[C@@H](C=O)N(NC(=O)OCc1ccccc1)C(=O)OCc1ccccc1. The van der Waals surface area contributed by atoms with E-state index in [-0.39, 0.29) is 13.2 Å². The molecule has 1 N–H and O–H groups in total. The number of nitrogens with one attached hydrogen (secondary N) is 1. The van der Waals surface area contributed by atoms with Crippen molar-refractivity contribution >= 4 is 18.5 Å². The summed E-state index contributed by atoms with van der Waals surface area (Å²) in [5.74, 6) is -0.414. The van der Waals surface area contributed by atoms with Crippen LogP contribution in [-0.2, 0) is 27.5 Å². The van der Waals surface area contributed by atoms with Gasteiger partial charge in [-0.2, -0.15) is 0 Å². The summed E-state index contributed by atoms with van der Waals surface area (Å²) in [6, 6.07) is 26.5. The molecule has 7 heteroatoms. The van der Waals surface area contributed by atoms with Crippen LogP contribution in [0.4, 0.5) is 9.59 Å². The highest BCUT2D eigenvalue weighted by Gasteiger charge is 2.32. The largest absolute Gasteiger partial charge is 0.443 e. The molecule has 0 aliphatic heterocycles. The maximum atomic E-state index is 12.9. The van der Waals surface area contributed by atoms with Gasteiger partial charge in [0.05, 0.1) is 0 Å². The number of benzene rings is 3. The van der Waals surface area contributed by atoms with Gasteiger partial charge in [0.25, 0.3) is 0 Å². The van der Waals surface area contributed by atoms with Gasteiger partial charge in [-0.3, -0.25) is 0 Å². The van der Waals surface area contributed by atoms with Crippen LogP contribution < -0.4 is 5.43 Å². The van der Waals surface area contributed by atoms with Crippen LogP contribution in [-0.4, -0.2) is 29.5 Å². The highest BCUT2D eigenvalue weighted by Crippen LogP contribution is 2.22. The summed E-state index contributed by atoms with van der Waals surface area (Å²) in [7, 11) is 0. The Morgan fingerprint density at radius 3 is 1.82 bits per heavy atom. The van der Waals surface area contributed by atoms with Gasteiger partial charge in [-0.15, -0.1) is 0 Å². The Bertz CT molecular complexity index is 1030. The van der Waals surface area contributed by atoms with Gasteiger partial charge in [0.15, 0.2) is 0 Å². The molecular weight excluding hydrogens is 420 g/mol. The fourth-order valence-corrected chi connectivity index (χ4v) is 3.24. The maximum Gasteiger partial charge on any atom is 0.429 e. The van der Waals surface area contributed by atoms with Crippen LogP contribution >= 0.6 is 0 Å². The van der Waals surface area contributed by atoms with Crippen LogP contribution in [0.3, 0.4) is 0 Å². The second kappa shape index (κ2) is 12.0. The Hall–Kier alpha value is -4.13. The number of hydrazine groups is 1. The summed E-state index contributed by atoms with van der Waals surface area (Å²) in [6.45, 7) is 1.80. The molecule has 0 saturated heterocycles. The van der Waals surface area contributed by atoms with Gasteiger partial charge in [0.2, 0.25) is 0 Å². The molecule has 3 aromatic rings. The quantitative estimate of drug-likeness (QED) is 0.395. The van der Waals surface area contributed by atoms with Gasteiger partial charge in [-0.05, 0) is 16.7 Å². The van der Waals surface area contributed by atoms with Crippen LogP contribution in [0.15, 0.2) is 91.0 Å². The summed E-state index contributed by atoms with van der Waals surface area (Å²) in [5, 5.41) is 0.890. The van der Waals surface area contributed by atoms with Crippen molar-refractivity contribution in [3.8, 4) is 0 Å². The minimum atomic E-state index is -1.01. The van der Waals surface area contributed by atoms with Crippen molar-refractivity contribution in [2.24, 2.45) is 0 Å². The van der Waals surface area contributed by atoms with Crippen LogP contribution in [0.2, 0.25) is 0 Å². The molecule has 170 valence electrons. The lowest BCUT2D eigenvalue weighted by Gasteiger charge is -2.31. The standard InChI is InChI=1S/C26H26N2O5/c1-20(23-15-9-4-10-16-23)24(17-29)28(26(31)33-19-22-13-7-3-8-14-22)27-25(30)32-18-21-11-5-2-6-12-21/h2-17,20,24H,18-19H2,1H3,(H,27,30)/t20-,24-/m1/s1. The van der Waals surface area contributed by atoms with E-state index in [1.165, 1.54) is 0 Å². The molecule has 3 rings (SSSR count). The summed E-state index contributed by atoms with van der Waals surface area (Å²) >= 11 is 0. The van der Waals surface area contributed by atoms with E-state index in [1.54, 1.807) is 6.92 Å². The number of nitrogens with zero attached hydrogens (tertiary/aromatic N) is 1. The van der Waals surface area contributed by atoms with Crippen molar-refractivity contribution in [1.82, 2.24) is 10.4 Å². The zero-order valence-electron chi connectivity index (χ0n) is 18.3. The molecule has 0 aliphatic carbocycles. The lowest BCUT2D eigenvalue weighted by Crippen LogP contribution is -2.54. The lowest BCUT2D eigenvalue weighted by atomic mass is 9.94. The Morgan fingerprint density at radius 2 is 1.30 bits per heavy atom. The molecule has 0 heterocycles. The van der Waals surface area contributed by atoms with Crippen LogP contribution in [0.5, 0.6) is 0 Å². The molecule has 2 amide bonds. The summed E-state index contributed by atoms with van der Waals surface area (Å²) in [4.78, 5) is 37.5. The number of aldehydes is 1. The minimum Gasteiger partial charge on any atom is -0.443 e. The van der Waals surface area contributed by atoms with Gasteiger partial charge >= 0.3 is 12.2 Å². The number of carbonyl (C=O) groups is 3. The average Bonchev–Trinajstić information content (AvgIpc) is 2.87. The number of rotatable bonds is 8. The van der Waals surface area contributed by atoms with Crippen molar-refractivity contribution in [3.05, 3.63) is 108 Å². The lowest BCUT2D eigenvalue weighted by molar-refractivity contribution is -0.113. The zero-order valence-corrected chi connectivity index (χ0v) is 18.3. The van der Waals surface area contributed by atoms with Gasteiger partial charge in [-0.25, -0.2) is 20.0 Å². The van der Waals surface area contributed by atoms with Crippen molar-refractivity contribution in [2.45, 2.75) is 32.1 Å². The fourth-order valence-electron chi connectivity index (χ4n) is 3.24. The Kier molecular flexibility index (Phi) is 8.59. The molecule has 0 aromatic heterocycles. The van der Waals surface area contributed by atoms with Crippen molar-refractivity contribution < 1.29 is 23.9 Å². The highest BCUT2D eigenvalue weighted by atomic mass is 16.6. The van der Waals surface area contributed by atoms with Gasteiger partial charge in [0, 0.05) is 5.92 Å². The smallest absolute Gasteiger partial charge is 0.429 e. The van der Waals surface area contributed by atoms with Crippen LogP contribution in [0.1, 0.15) is 29.5 Å². The number of ether oxygens (including phenoxy) is 2. The van der Waals surface area contributed by atoms with Gasteiger partial charge in [0.1, 0.15) is 25.5 Å². The Morgan fingerprint density at radius 1 is 0.818 bits per heavy atom. The van der Waals surface area contributed by atoms with E-state index in [2.05, 4.69) is 5.43 Å². The van der Waals surface area contributed by atoms with Gasteiger partial charge in [-0.1, -0.05) is 97.9 Å². The van der Waals surface area contributed by atoms with Crippen molar-refractivity contribution in [2.75, 3.05) is 0 Å². The van der Waals surface area contributed by atoms with E-state index in [4.69, 9.17) is 9.47 Å². The van der Waals surface area contributed by atoms with E-state index < -0.39 is 24.1 Å². The molecule has 0 unspecified atom stereocenters. The highest BCUT2D eigenvalue weighted by molar-refractivity contribution is 5.78. The summed E-state index contributed by atoms with van der Waals surface area (Å²) in [5.41, 5.74) is 4.78. The zero-order chi connectivity index (χ0) is 23.5. The monoisotopic (exact) mass is 446 g/mol. The minimum absolute atomic E-state index is 0.0117. The van der Waals surface area contributed by atoms with Crippen molar-refractivity contribution in [3.63, 3.8) is 0 Å². The molecule has 0 aliphatic rings. The van der Waals surface area contributed by atoms with E-state index in [1.807, 2.05) is 91.0 Å². The van der Waals surface area contributed by atoms with E-state index in [0.717, 1.165) is 21.7 Å². The van der Waals surface area contributed by atoms with Crippen molar-refractivity contribution in [1.29, 1.82) is 0 Å². The third-order valence-electron chi connectivity index (χ3n) is 5.10. The summed E-state index contributed by atoms with van der Waals surface area (Å²) in [6.07, 6.45) is -1.13. The molecule has 33 heavy (non-hydrogen) atoms. The van der Waals surface area contributed by atoms with Gasteiger partial charge < -0.3 is 14.3 Å². The first-order valence-corrected chi connectivity index (χ1v) is 10.6. The molecule has 0 fully saturated rings. The number of carbonyl (C=O) groups excluding carboxylic acids is 3. The first kappa shape index (κ1) is 23.5. The average molecular weight is 447 g/mol. The van der Waals surface area contributed by atoms with Crippen LogP contribution in [0.25, 0.3) is 0 Å². The molecule has 3 aromatic carbocycles. The topological polar surface area (TPSA) is 84.9 Å². The molecule has 2 atom stereocenters. The number of hydrogen-bond acceptors (Lipinski definition) is 5. The first-order chi connectivity index (χ1) is 16.1. The Balaban J connectivity index is 1.74. The van der Waals surface area contributed by atoms with E-state index in [0.29, 0.717) is 6.29 Å². The third-order valence-corrected chi connectivity index (χ3v) is 5.10. The van der Waals surface area contributed by atoms with E-state index >= 15 is 0 Å². The molecule has 0 radical (unpaired) electrons. The number of amides is 2. The molecule has 7 nitrogen and oxygen atoms in total. The fraction of sp³-hybridized carbons (Fsp3) is 0.192. The predicted molar refractivity (Wildman–Crippen MR) is 123 cm³/mol. The van der Waals surface area contributed by atoms with E-state index in [9.17, 15) is 14.4 Å². The normalized spacial score (nSPS) is 12.2. The molecule has 0 saturated carbocycles. The second-order valence-electron chi connectivity index (χ2n) is 7.41.